The van der Waals surface area contributed by atoms with Crippen molar-refractivity contribution in [3.8, 4) is 11.3 Å². The monoisotopic (exact) mass is 375 g/mol. The van der Waals surface area contributed by atoms with Crippen LogP contribution in [-0.4, -0.2) is 20.7 Å². The number of hydrogen-bond acceptors (Lipinski definition) is 4. The van der Waals surface area contributed by atoms with E-state index in [-0.39, 0.29) is 22.8 Å². The maximum Gasteiger partial charge on any atom is 0.435 e. The molecule has 0 atom stereocenters. The summed E-state index contributed by atoms with van der Waals surface area (Å²) < 4.78 is 39.5. The van der Waals surface area contributed by atoms with Gasteiger partial charge in [-0.25, -0.2) is 4.98 Å². The lowest BCUT2D eigenvalue weighted by Gasteiger charge is -2.09. The zero-order chi connectivity index (χ0) is 19.8. The fourth-order valence-corrected chi connectivity index (χ4v) is 2.51. The number of aromatic nitrogens is 3. The number of nitrogens with two attached hydrogens (primary N) is 1. The summed E-state index contributed by atoms with van der Waals surface area (Å²) in [5.41, 5.74) is 6.95. The third-order valence-electron chi connectivity index (χ3n) is 3.91. The number of pyridine rings is 1. The second kappa shape index (κ2) is 6.75. The van der Waals surface area contributed by atoms with E-state index in [1.54, 1.807) is 12.1 Å². The molecule has 27 heavy (non-hydrogen) atoms. The predicted octanol–water partition coefficient (Wildman–Crippen LogP) is 3.64. The number of hydrogen-bond donors (Lipinski definition) is 2. The van der Waals surface area contributed by atoms with E-state index in [9.17, 15) is 18.0 Å². The molecule has 1 amide bonds. The number of nitrogens with one attached hydrogen (secondary N) is 1. The first-order valence-corrected chi connectivity index (χ1v) is 7.91. The van der Waals surface area contributed by atoms with E-state index >= 15 is 0 Å². The van der Waals surface area contributed by atoms with Crippen LogP contribution in [-0.2, 0) is 13.2 Å². The Kier molecular flexibility index (Phi) is 4.61. The van der Waals surface area contributed by atoms with E-state index in [0.717, 1.165) is 16.3 Å². The number of aryl methyl sites for hydroxylation is 2. The fourth-order valence-electron chi connectivity index (χ4n) is 2.51. The molecule has 3 aromatic rings. The highest BCUT2D eigenvalue weighted by molar-refractivity contribution is 6.03. The summed E-state index contributed by atoms with van der Waals surface area (Å²) in [4.78, 5) is 16.3. The van der Waals surface area contributed by atoms with Crippen LogP contribution in [0, 0.1) is 6.92 Å². The average Bonchev–Trinajstić information content (AvgIpc) is 2.99. The fraction of sp³-hybridized carbons (Fsp3) is 0.167. The summed E-state index contributed by atoms with van der Waals surface area (Å²) in [5, 5.41) is 6.13. The van der Waals surface area contributed by atoms with Gasteiger partial charge in [-0.05, 0) is 37.3 Å². The molecule has 0 aliphatic rings. The van der Waals surface area contributed by atoms with Gasteiger partial charge in [0.15, 0.2) is 5.69 Å². The van der Waals surface area contributed by atoms with Crippen LogP contribution in [0.3, 0.4) is 0 Å². The Morgan fingerprint density at radius 1 is 1.15 bits per heavy atom. The quantitative estimate of drug-likeness (QED) is 0.732. The number of amides is 1. The lowest BCUT2D eigenvalue weighted by molar-refractivity contribution is -0.141. The molecule has 9 heteroatoms. The first-order chi connectivity index (χ1) is 12.6. The first kappa shape index (κ1) is 18.4. The van der Waals surface area contributed by atoms with Crippen LogP contribution in [0.5, 0.6) is 0 Å². The second-order valence-corrected chi connectivity index (χ2v) is 5.99. The van der Waals surface area contributed by atoms with Gasteiger partial charge in [-0.2, -0.15) is 18.3 Å². The molecule has 0 bridgehead atoms. The standard InChI is InChI=1S/C18H16F3N5O/c1-10-3-5-11(6-4-10)23-17(27)13-8-7-12(16(22)24-13)14-9-15(18(19,20)21)25-26(14)2/h3-9H,1-2H3,(H2,22,24)(H,23,27). The Bertz CT molecular complexity index is 993. The van der Waals surface area contributed by atoms with E-state index in [4.69, 9.17) is 5.73 Å². The largest absolute Gasteiger partial charge is 0.435 e. The summed E-state index contributed by atoms with van der Waals surface area (Å²) in [6, 6.07) is 10.9. The van der Waals surface area contributed by atoms with Gasteiger partial charge in [-0.3, -0.25) is 9.48 Å². The summed E-state index contributed by atoms with van der Waals surface area (Å²) in [6.07, 6.45) is -4.56. The molecule has 0 aliphatic heterocycles. The van der Waals surface area contributed by atoms with Crippen LogP contribution in [0.1, 0.15) is 21.7 Å². The van der Waals surface area contributed by atoms with E-state index in [2.05, 4.69) is 15.4 Å². The minimum Gasteiger partial charge on any atom is -0.383 e. The van der Waals surface area contributed by atoms with Crippen LogP contribution < -0.4 is 11.1 Å². The summed E-state index contributed by atoms with van der Waals surface area (Å²) in [5.74, 6) is -0.540. The maximum atomic E-state index is 12.8. The number of halogens is 3. The second-order valence-electron chi connectivity index (χ2n) is 5.99. The van der Waals surface area contributed by atoms with Gasteiger partial charge in [0.1, 0.15) is 11.5 Å². The van der Waals surface area contributed by atoms with Gasteiger partial charge in [0.25, 0.3) is 5.91 Å². The van der Waals surface area contributed by atoms with Crippen molar-refractivity contribution in [1.82, 2.24) is 14.8 Å². The van der Waals surface area contributed by atoms with Gasteiger partial charge in [-0.1, -0.05) is 17.7 Å². The van der Waals surface area contributed by atoms with Crippen molar-refractivity contribution in [2.75, 3.05) is 11.1 Å². The minimum atomic E-state index is -4.56. The number of alkyl halides is 3. The lowest BCUT2D eigenvalue weighted by Crippen LogP contribution is -2.14. The van der Waals surface area contributed by atoms with Gasteiger partial charge >= 0.3 is 6.18 Å². The molecule has 0 aliphatic carbocycles. The Hall–Kier alpha value is -3.36. The maximum absolute atomic E-state index is 12.8. The number of rotatable bonds is 3. The number of carbonyl (C=O) groups excluding carboxylic acids is 1. The highest BCUT2D eigenvalue weighted by atomic mass is 19.4. The normalized spacial score (nSPS) is 11.4. The van der Waals surface area contributed by atoms with Crippen LogP contribution in [0.2, 0.25) is 0 Å². The van der Waals surface area contributed by atoms with Crippen molar-refractivity contribution in [2.24, 2.45) is 7.05 Å². The third kappa shape index (κ3) is 3.91. The molecule has 2 aromatic heterocycles. The number of benzene rings is 1. The molecular formula is C18H16F3N5O. The molecule has 3 rings (SSSR count). The molecule has 0 fully saturated rings. The number of carbonyl (C=O) groups is 1. The number of nitrogens with zero attached hydrogens (tertiary/aromatic N) is 3. The van der Waals surface area contributed by atoms with E-state index < -0.39 is 17.8 Å². The highest BCUT2D eigenvalue weighted by Gasteiger charge is 2.35. The molecular weight excluding hydrogens is 359 g/mol. The molecule has 1 aromatic carbocycles. The van der Waals surface area contributed by atoms with Crippen LogP contribution in [0.15, 0.2) is 42.5 Å². The Balaban J connectivity index is 1.86. The highest BCUT2D eigenvalue weighted by Crippen LogP contribution is 2.32. The third-order valence-corrected chi connectivity index (χ3v) is 3.91. The minimum absolute atomic E-state index is 0.0510. The molecule has 2 heterocycles. The van der Waals surface area contributed by atoms with Crippen molar-refractivity contribution in [2.45, 2.75) is 13.1 Å². The van der Waals surface area contributed by atoms with Crippen molar-refractivity contribution in [1.29, 1.82) is 0 Å². The molecule has 6 nitrogen and oxygen atoms in total. The van der Waals surface area contributed by atoms with Crippen molar-refractivity contribution in [3.63, 3.8) is 0 Å². The molecule has 0 radical (unpaired) electrons. The van der Waals surface area contributed by atoms with Gasteiger partial charge in [0, 0.05) is 18.3 Å². The Labute approximate surface area is 152 Å². The van der Waals surface area contributed by atoms with Gasteiger partial charge in [0.2, 0.25) is 0 Å². The Morgan fingerprint density at radius 2 is 1.81 bits per heavy atom. The molecule has 140 valence electrons. The molecule has 0 unspecified atom stereocenters. The van der Waals surface area contributed by atoms with E-state index in [1.165, 1.54) is 19.2 Å². The van der Waals surface area contributed by atoms with Crippen LogP contribution in [0.25, 0.3) is 11.3 Å². The lowest BCUT2D eigenvalue weighted by atomic mass is 10.1. The molecule has 0 saturated carbocycles. The first-order valence-electron chi connectivity index (χ1n) is 7.91. The van der Waals surface area contributed by atoms with E-state index in [0.29, 0.717) is 5.69 Å². The number of anilines is 2. The zero-order valence-electron chi connectivity index (χ0n) is 14.5. The van der Waals surface area contributed by atoms with E-state index in [1.807, 2.05) is 19.1 Å². The molecule has 3 N–H and O–H groups in total. The summed E-state index contributed by atoms with van der Waals surface area (Å²) >= 11 is 0. The molecule has 0 saturated heterocycles. The van der Waals surface area contributed by atoms with Gasteiger partial charge < -0.3 is 11.1 Å². The van der Waals surface area contributed by atoms with Crippen LogP contribution >= 0.6 is 0 Å². The SMILES string of the molecule is Cc1ccc(NC(=O)c2ccc(-c3cc(C(F)(F)F)nn3C)c(N)n2)cc1. The smallest absolute Gasteiger partial charge is 0.383 e. The average molecular weight is 375 g/mol. The van der Waals surface area contributed by atoms with Gasteiger partial charge in [-0.15, -0.1) is 0 Å². The Morgan fingerprint density at radius 3 is 2.37 bits per heavy atom. The molecule has 0 spiro atoms. The van der Waals surface area contributed by atoms with Crippen molar-refractivity contribution < 1.29 is 18.0 Å². The van der Waals surface area contributed by atoms with Crippen molar-refractivity contribution in [3.05, 3.63) is 59.4 Å². The number of nitrogen functional groups attached to an aromatic ring is 1. The summed E-state index contributed by atoms with van der Waals surface area (Å²) in [7, 11) is 1.38. The van der Waals surface area contributed by atoms with Crippen molar-refractivity contribution >= 4 is 17.4 Å². The topological polar surface area (TPSA) is 85.8 Å². The van der Waals surface area contributed by atoms with Crippen LogP contribution in [0.4, 0.5) is 24.7 Å². The zero-order valence-corrected chi connectivity index (χ0v) is 14.5. The van der Waals surface area contributed by atoms with Gasteiger partial charge in [0.05, 0.1) is 5.69 Å². The summed E-state index contributed by atoms with van der Waals surface area (Å²) in [6.45, 7) is 1.93. The predicted molar refractivity (Wildman–Crippen MR) is 95.0 cm³/mol.